The summed E-state index contributed by atoms with van der Waals surface area (Å²) in [5.74, 6) is 1.06. The van der Waals surface area contributed by atoms with E-state index in [1.807, 2.05) is 18.2 Å². The van der Waals surface area contributed by atoms with Crippen LogP contribution in [0.25, 0.3) is 0 Å². The van der Waals surface area contributed by atoms with Gasteiger partial charge in [0, 0.05) is 23.7 Å². The molecule has 0 radical (unpaired) electrons. The van der Waals surface area contributed by atoms with Gasteiger partial charge in [-0.05, 0) is 43.5 Å². The van der Waals surface area contributed by atoms with Gasteiger partial charge in [-0.1, -0.05) is 12.1 Å². The lowest BCUT2D eigenvalue weighted by atomic mass is 10.0. The zero-order valence-electron chi connectivity index (χ0n) is 15.6. The van der Waals surface area contributed by atoms with Crippen LogP contribution >= 0.6 is 0 Å². The van der Waals surface area contributed by atoms with Crippen LogP contribution in [0.5, 0.6) is 11.5 Å². The van der Waals surface area contributed by atoms with Gasteiger partial charge < -0.3 is 14.4 Å². The highest BCUT2D eigenvalue weighted by Crippen LogP contribution is 2.38. The van der Waals surface area contributed by atoms with Crippen molar-refractivity contribution in [2.45, 2.75) is 25.8 Å². The molecule has 1 aliphatic rings. The second kappa shape index (κ2) is 7.65. The van der Waals surface area contributed by atoms with Crippen LogP contribution in [0, 0.1) is 17.0 Å². The molecule has 7 nitrogen and oxygen atoms in total. The summed E-state index contributed by atoms with van der Waals surface area (Å²) in [6.07, 6.45) is 1.70. The number of likely N-dealkylation sites (tertiary alicyclic amines) is 1. The largest absolute Gasteiger partial charge is 0.493 e. The molecule has 1 unspecified atom stereocenters. The van der Waals surface area contributed by atoms with Crippen molar-refractivity contribution in [2.24, 2.45) is 0 Å². The second-order valence-corrected chi connectivity index (χ2v) is 6.48. The molecule has 1 saturated heterocycles. The van der Waals surface area contributed by atoms with E-state index in [1.165, 1.54) is 6.07 Å². The minimum atomic E-state index is -0.456. The lowest BCUT2D eigenvalue weighted by Crippen LogP contribution is -2.31. The molecular formula is C20H22N2O5. The van der Waals surface area contributed by atoms with Crippen molar-refractivity contribution in [1.82, 2.24) is 4.90 Å². The molecule has 2 aromatic carbocycles. The third-order valence-corrected chi connectivity index (χ3v) is 5.04. The molecule has 1 fully saturated rings. The number of hydrogen-bond donors (Lipinski definition) is 0. The van der Waals surface area contributed by atoms with Crippen LogP contribution in [-0.2, 0) is 0 Å². The minimum Gasteiger partial charge on any atom is -0.493 e. The summed E-state index contributed by atoms with van der Waals surface area (Å²) < 4.78 is 10.7. The van der Waals surface area contributed by atoms with E-state index < -0.39 is 4.92 Å². The predicted octanol–water partition coefficient (Wildman–Crippen LogP) is 3.90. The smallest absolute Gasteiger partial charge is 0.273 e. The Kier molecular flexibility index (Phi) is 5.30. The highest BCUT2D eigenvalue weighted by Gasteiger charge is 2.32. The van der Waals surface area contributed by atoms with Gasteiger partial charge in [-0.3, -0.25) is 14.9 Å². The second-order valence-electron chi connectivity index (χ2n) is 6.48. The maximum Gasteiger partial charge on any atom is 0.273 e. The molecule has 0 saturated carbocycles. The van der Waals surface area contributed by atoms with E-state index in [2.05, 4.69) is 0 Å². The molecule has 0 aromatic heterocycles. The van der Waals surface area contributed by atoms with Crippen LogP contribution in [0.3, 0.4) is 0 Å². The molecule has 27 heavy (non-hydrogen) atoms. The molecule has 0 aliphatic carbocycles. The van der Waals surface area contributed by atoms with Gasteiger partial charge in [0.25, 0.3) is 11.6 Å². The van der Waals surface area contributed by atoms with Crippen molar-refractivity contribution >= 4 is 11.6 Å². The van der Waals surface area contributed by atoms with Gasteiger partial charge in [-0.2, -0.15) is 0 Å². The molecule has 3 rings (SSSR count). The van der Waals surface area contributed by atoms with Crippen LogP contribution in [0.1, 0.15) is 40.4 Å². The van der Waals surface area contributed by atoms with Gasteiger partial charge in [0.1, 0.15) is 0 Å². The number of rotatable bonds is 5. The van der Waals surface area contributed by atoms with Crippen molar-refractivity contribution < 1.29 is 19.2 Å². The van der Waals surface area contributed by atoms with E-state index in [0.717, 1.165) is 18.4 Å². The van der Waals surface area contributed by atoms with Crippen molar-refractivity contribution in [1.29, 1.82) is 0 Å². The molecule has 2 aromatic rings. The Bertz CT molecular complexity index is 881. The zero-order valence-corrected chi connectivity index (χ0v) is 15.6. The molecule has 1 atom stereocenters. The van der Waals surface area contributed by atoms with Crippen molar-refractivity contribution in [3.05, 3.63) is 63.2 Å². The maximum atomic E-state index is 13.2. The van der Waals surface area contributed by atoms with Crippen LogP contribution in [0.15, 0.2) is 36.4 Å². The average molecular weight is 370 g/mol. The van der Waals surface area contributed by atoms with E-state index in [1.54, 1.807) is 38.2 Å². The summed E-state index contributed by atoms with van der Waals surface area (Å²) >= 11 is 0. The number of carbonyl (C=O) groups excluding carboxylic acids is 1. The average Bonchev–Trinajstić information content (AvgIpc) is 3.16. The van der Waals surface area contributed by atoms with Gasteiger partial charge in [-0.15, -0.1) is 0 Å². The summed E-state index contributed by atoms with van der Waals surface area (Å²) in [5.41, 5.74) is 1.69. The maximum absolute atomic E-state index is 13.2. The first-order valence-electron chi connectivity index (χ1n) is 8.74. The molecule has 0 spiro atoms. The normalized spacial score (nSPS) is 16.3. The van der Waals surface area contributed by atoms with Gasteiger partial charge >= 0.3 is 0 Å². The molecule has 1 aliphatic heterocycles. The summed E-state index contributed by atoms with van der Waals surface area (Å²) in [4.78, 5) is 25.7. The Morgan fingerprint density at radius 1 is 1.19 bits per heavy atom. The Labute approximate surface area is 157 Å². The van der Waals surface area contributed by atoms with Crippen LogP contribution in [0.4, 0.5) is 5.69 Å². The van der Waals surface area contributed by atoms with Crippen LogP contribution in [0.2, 0.25) is 0 Å². The molecule has 0 bridgehead atoms. The monoisotopic (exact) mass is 370 g/mol. The van der Waals surface area contributed by atoms with Crippen LogP contribution < -0.4 is 9.47 Å². The minimum absolute atomic E-state index is 0.0392. The quantitative estimate of drug-likeness (QED) is 0.589. The molecular weight excluding hydrogens is 348 g/mol. The molecule has 142 valence electrons. The van der Waals surface area contributed by atoms with Gasteiger partial charge in [0.2, 0.25) is 0 Å². The highest BCUT2D eigenvalue weighted by molar-refractivity contribution is 5.97. The van der Waals surface area contributed by atoms with Crippen LogP contribution in [-0.4, -0.2) is 36.5 Å². The Hall–Kier alpha value is -3.09. The van der Waals surface area contributed by atoms with Gasteiger partial charge in [-0.25, -0.2) is 0 Å². The van der Waals surface area contributed by atoms with Crippen molar-refractivity contribution in [3.8, 4) is 11.5 Å². The molecule has 1 heterocycles. The molecule has 7 heteroatoms. The summed E-state index contributed by atoms with van der Waals surface area (Å²) in [6.45, 7) is 2.23. The number of nitro benzene ring substituents is 1. The molecule has 0 N–H and O–H groups in total. The van der Waals surface area contributed by atoms with E-state index in [4.69, 9.17) is 9.47 Å². The first-order valence-corrected chi connectivity index (χ1v) is 8.74. The Morgan fingerprint density at radius 2 is 1.93 bits per heavy atom. The standard InChI is InChI=1S/C20H22N2O5/c1-13-15(6-4-7-16(13)22(24)25)20(23)21-11-5-8-17(21)14-9-10-18(26-2)19(12-14)27-3/h4,6-7,9-10,12,17H,5,8,11H2,1-3H3. The van der Waals surface area contributed by atoms with Gasteiger partial charge in [0.05, 0.1) is 25.2 Å². The SMILES string of the molecule is COc1ccc(C2CCCN2C(=O)c2cccc([N+](=O)[O-])c2C)cc1OC. The predicted molar refractivity (Wildman–Crippen MR) is 100 cm³/mol. The first kappa shape index (κ1) is 18.7. The number of ether oxygens (including phenoxy) is 2. The topological polar surface area (TPSA) is 81.9 Å². The highest BCUT2D eigenvalue weighted by atomic mass is 16.6. The summed E-state index contributed by atoms with van der Waals surface area (Å²) in [5, 5.41) is 11.2. The fraction of sp³-hybridized carbons (Fsp3) is 0.350. The third-order valence-electron chi connectivity index (χ3n) is 5.04. The van der Waals surface area contributed by atoms with Crippen molar-refractivity contribution in [2.75, 3.05) is 20.8 Å². The number of benzene rings is 2. The lowest BCUT2D eigenvalue weighted by molar-refractivity contribution is -0.385. The van der Waals surface area contributed by atoms with Gasteiger partial charge in [0.15, 0.2) is 11.5 Å². The summed E-state index contributed by atoms with van der Waals surface area (Å²) in [7, 11) is 3.15. The number of methoxy groups -OCH3 is 2. The van der Waals surface area contributed by atoms with E-state index >= 15 is 0 Å². The zero-order chi connectivity index (χ0) is 19.6. The summed E-state index contributed by atoms with van der Waals surface area (Å²) in [6, 6.07) is 10.2. The number of nitrogens with zero attached hydrogens (tertiary/aromatic N) is 2. The number of nitro groups is 1. The number of carbonyl (C=O) groups is 1. The third kappa shape index (κ3) is 3.45. The number of amides is 1. The van der Waals surface area contributed by atoms with E-state index in [-0.39, 0.29) is 17.6 Å². The lowest BCUT2D eigenvalue weighted by Gasteiger charge is -2.26. The molecule has 1 amide bonds. The fourth-order valence-corrected chi connectivity index (χ4v) is 3.62. The van der Waals surface area contributed by atoms with E-state index in [0.29, 0.717) is 29.2 Å². The fourth-order valence-electron chi connectivity index (χ4n) is 3.62. The number of hydrogen-bond acceptors (Lipinski definition) is 5. The first-order chi connectivity index (χ1) is 13.0. The van der Waals surface area contributed by atoms with E-state index in [9.17, 15) is 14.9 Å². The Balaban J connectivity index is 1.94. The van der Waals surface area contributed by atoms with Crippen molar-refractivity contribution in [3.63, 3.8) is 0 Å². The Morgan fingerprint density at radius 3 is 2.59 bits per heavy atom.